The van der Waals surface area contributed by atoms with E-state index in [0.29, 0.717) is 17.9 Å². The van der Waals surface area contributed by atoms with Crippen LogP contribution in [0.1, 0.15) is 25.3 Å². The number of nitrogens with zero attached hydrogens (tertiary/aromatic N) is 2. The van der Waals surface area contributed by atoms with Gasteiger partial charge in [0.15, 0.2) is 0 Å². The van der Waals surface area contributed by atoms with Crippen LogP contribution in [0.25, 0.3) is 0 Å². The first kappa shape index (κ1) is 19.8. The van der Waals surface area contributed by atoms with Crippen molar-refractivity contribution in [3.63, 3.8) is 0 Å². The number of halogens is 1. The molecule has 7 nitrogen and oxygen atoms in total. The monoisotopic (exact) mass is 442 g/mol. The van der Waals surface area contributed by atoms with Crippen molar-refractivity contribution in [1.82, 2.24) is 5.01 Å². The summed E-state index contributed by atoms with van der Waals surface area (Å²) in [5, 5.41) is 11.0. The van der Waals surface area contributed by atoms with Crippen LogP contribution < -0.4 is 10.6 Å². The van der Waals surface area contributed by atoms with Gasteiger partial charge in [-0.05, 0) is 23.8 Å². The lowest BCUT2D eigenvalue weighted by molar-refractivity contribution is -0.132. The first-order valence-corrected chi connectivity index (χ1v) is 9.52. The fraction of sp³-hybridized carbons (Fsp3) is 0.200. The van der Waals surface area contributed by atoms with E-state index >= 15 is 0 Å². The predicted octanol–water partition coefficient (Wildman–Crippen LogP) is 3.52. The van der Waals surface area contributed by atoms with Crippen LogP contribution in [0.5, 0.6) is 0 Å². The number of benzene rings is 2. The summed E-state index contributed by atoms with van der Waals surface area (Å²) in [5.41, 5.74) is 2.13. The largest absolute Gasteiger partial charge is 0.325 e. The van der Waals surface area contributed by atoms with Crippen molar-refractivity contribution in [3.8, 4) is 0 Å². The maximum atomic E-state index is 12.7. The maximum absolute atomic E-state index is 12.7. The molecule has 0 fully saturated rings. The number of carbonyl (C=O) groups excluding carboxylic acids is 3. The summed E-state index contributed by atoms with van der Waals surface area (Å²) in [6.45, 7) is 1.70. The first-order valence-electron chi connectivity index (χ1n) is 8.72. The Morgan fingerprint density at radius 1 is 1.07 bits per heavy atom. The second kappa shape index (κ2) is 8.79. The zero-order valence-corrected chi connectivity index (χ0v) is 16.8. The zero-order chi connectivity index (χ0) is 20.1. The summed E-state index contributed by atoms with van der Waals surface area (Å²) in [4.78, 5) is 36.3. The van der Waals surface area contributed by atoms with Gasteiger partial charge in [0.25, 0.3) is 5.91 Å². The molecule has 28 heavy (non-hydrogen) atoms. The van der Waals surface area contributed by atoms with Crippen LogP contribution in [-0.4, -0.2) is 28.4 Å². The topological polar surface area (TPSA) is 90.9 Å². The molecule has 0 bridgehead atoms. The molecule has 0 saturated heterocycles. The Morgan fingerprint density at radius 2 is 1.82 bits per heavy atom. The Kier molecular flexibility index (Phi) is 6.20. The molecule has 0 aromatic heterocycles. The molecule has 0 radical (unpaired) electrons. The summed E-state index contributed by atoms with van der Waals surface area (Å²) in [7, 11) is 0. The number of rotatable bonds is 5. The van der Waals surface area contributed by atoms with Crippen molar-refractivity contribution in [3.05, 3.63) is 58.6 Å². The average Bonchev–Trinajstić information content (AvgIpc) is 2.66. The summed E-state index contributed by atoms with van der Waals surface area (Å²) < 4.78 is 0.753. The molecule has 144 valence electrons. The van der Waals surface area contributed by atoms with Gasteiger partial charge in [-0.2, -0.15) is 5.10 Å². The lowest BCUT2D eigenvalue weighted by Crippen LogP contribution is -2.36. The smallest absolute Gasteiger partial charge is 0.271 e. The van der Waals surface area contributed by atoms with E-state index in [2.05, 4.69) is 31.7 Å². The van der Waals surface area contributed by atoms with Gasteiger partial charge in [0.05, 0.1) is 17.9 Å². The Bertz CT molecular complexity index is 944. The summed E-state index contributed by atoms with van der Waals surface area (Å²) >= 11 is 3.36. The third-order valence-electron chi connectivity index (χ3n) is 4.08. The van der Waals surface area contributed by atoms with Crippen LogP contribution in [0.3, 0.4) is 0 Å². The Balaban J connectivity index is 1.78. The standard InChI is InChI=1S/C20H19BrN4O3/c1-13(26)22-16-8-7-15(21)11-18(16)23-20(28)17-9-10-19(27)25(24-17)12-14-5-3-2-4-6-14/h2-8,11H,9-10,12H2,1H3,(H,22,26)(H,23,28). The van der Waals surface area contributed by atoms with Gasteiger partial charge in [0.2, 0.25) is 11.8 Å². The van der Waals surface area contributed by atoms with E-state index < -0.39 is 5.91 Å². The minimum atomic E-state index is -0.407. The van der Waals surface area contributed by atoms with E-state index in [0.717, 1.165) is 10.0 Å². The molecule has 1 aliphatic rings. The third-order valence-corrected chi connectivity index (χ3v) is 4.58. The average molecular weight is 443 g/mol. The fourth-order valence-corrected chi connectivity index (χ4v) is 3.12. The normalized spacial score (nSPS) is 13.7. The number of nitrogens with one attached hydrogen (secondary N) is 2. The number of hydrazone groups is 1. The van der Waals surface area contributed by atoms with Crippen LogP contribution in [0, 0.1) is 0 Å². The second-order valence-electron chi connectivity index (χ2n) is 6.31. The first-order chi connectivity index (χ1) is 13.4. The van der Waals surface area contributed by atoms with E-state index in [4.69, 9.17) is 0 Å². The van der Waals surface area contributed by atoms with E-state index in [1.54, 1.807) is 18.2 Å². The number of anilines is 2. The lowest BCUT2D eigenvalue weighted by Gasteiger charge is -2.23. The van der Waals surface area contributed by atoms with Gasteiger partial charge in [-0.3, -0.25) is 14.4 Å². The van der Waals surface area contributed by atoms with Gasteiger partial charge in [-0.15, -0.1) is 0 Å². The van der Waals surface area contributed by atoms with Crippen molar-refractivity contribution in [2.45, 2.75) is 26.3 Å². The highest BCUT2D eigenvalue weighted by atomic mass is 79.9. The molecule has 0 unspecified atom stereocenters. The van der Waals surface area contributed by atoms with Crippen molar-refractivity contribution < 1.29 is 14.4 Å². The number of carbonyl (C=O) groups is 3. The zero-order valence-electron chi connectivity index (χ0n) is 15.2. The van der Waals surface area contributed by atoms with Gasteiger partial charge in [-0.25, -0.2) is 5.01 Å². The Hall–Kier alpha value is -3.00. The SMILES string of the molecule is CC(=O)Nc1ccc(Br)cc1NC(=O)C1=NN(Cc2ccccc2)C(=O)CC1. The Labute approximate surface area is 170 Å². The van der Waals surface area contributed by atoms with E-state index in [1.165, 1.54) is 11.9 Å². The summed E-state index contributed by atoms with van der Waals surface area (Å²) in [6.07, 6.45) is 0.482. The van der Waals surface area contributed by atoms with Crippen molar-refractivity contribution in [2.75, 3.05) is 10.6 Å². The molecule has 3 rings (SSSR count). The van der Waals surface area contributed by atoms with E-state index in [-0.39, 0.29) is 30.4 Å². The quantitative estimate of drug-likeness (QED) is 0.741. The van der Waals surface area contributed by atoms with Crippen molar-refractivity contribution in [2.24, 2.45) is 5.10 Å². The molecule has 3 amide bonds. The van der Waals surface area contributed by atoms with Crippen molar-refractivity contribution >= 4 is 50.7 Å². The number of hydrogen-bond donors (Lipinski definition) is 2. The number of amides is 3. The van der Waals surface area contributed by atoms with E-state index in [9.17, 15) is 14.4 Å². The van der Waals surface area contributed by atoms with Crippen LogP contribution >= 0.6 is 15.9 Å². The molecule has 1 heterocycles. The molecule has 2 N–H and O–H groups in total. The van der Waals surface area contributed by atoms with Crippen molar-refractivity contribution in [1.29, 1.82) is 0 Å². The van der Waals surface area contributed by atoms with Crippen LogP contribution in [0.15, 0.2) is 58.1 Å². The van der Waals surface area contributed by atoms with Gasteiger partial charge in [-0.1, -0.05) is 46.3 Å². The molecule has 2 aromatic carbocycles. The van der Waals surface area contributed by atoms with Crippen LogP contribution in [-0.2, 0) is 20.9 Å². The molecule has 1 aliphatic heterocycles. The summed E-state index contributed by atoms with van der Waals surface area (Å²) in [6, 6.07) is 14.6. The van der Waals surface area contributed by atoms with Gasteiger partial charge in [0.1, 0.15) is 5.71 Å². The van der Waals surface area contributed by atoms with Crippen LogP contribution in [0.2, 0.25) is 0 Å². The lowest BCUT2D eigenvalue weighted by atomic mass is 10.1. The molecule has 0 saturated carbocycles. The fourth-order valence-electron chi connectivity index (χ4n) is 2.76. The molecule has 8 heteroatoms. The molecule has 0 atom stereocenters. The van der Waals surface area contributed by atoms with Crippen LogP contribution in [0.4, 0.5) is 11.4 Å². The highest BCUT2D eigenvalue weighted by Gasteiger charge is 2.25. The van der Waals surface area contributed by atoms with E-state index in [1.807, 2.05) is 30.3 Å². The van der Waals surface area contributed by atoms with Gasteiger partial charge in [0, 0.05) is 24.2 Å². The molecule has 0 spiro atoms. The molecule has 2 aromatic rings. The highest BCUT2D eigenvalue weighted by molar-refractivity contribution is 9.10. The Morgan fingerprint density at radius 3 is 2.54 bits per heavy atom. The minimum absolute atomic E-state index is 0.123. The predicted molar refractivity (Wildman–Crippen MR) is 111 cm³/mol. The molecular weight excluding hydrogens is 424 g/mol. The molecular formula is C20H19BrN4O3. The third kappa shape index (κ3) is 5.04. The highest BCUT2D eigenvalue weighted by Crippen LogP contribution is 2.26. The molecule has 0 aliphatic carbocycles. The maximum Gasteiger partial charge on any atom is 0.271 e. The minimum Gasteiger partial charge on any atom is -0.325 e. The second-order valence-corrected chi connectivity index (χ2v) is 7.22. The van der Waals surface area contributed by atoms with Gasteiger partial charge >= 0.3 is 0 Å². The number of hydrogen-bond acceptors (Lipinski definition) is 4. The summed E-state index contributed by atoms with van der Waals surface area (Å²) in [5.74, 6) is -0.774. The van der Waals surface area contributed by atoms with Gasteiger partial charge < -0.3 is 10.6 Å².